The van der Waals surface area contributed by atoms with Gasteiger partial charge in [-0.05, 0) is 30.5 Å². The van der Waals surface area contributed by atoms with Crippen molar-refractivity contribution in [3.05, 3.63) is 64.7 Å². The lowest BCUT2D eigenvalue weighted by atomic mass is 10.0. The molecule has 0 aliphatic carbocycles. The van der Waals surface area contributed by atoms with Gasteiger partial charge in [-0.3, -0.25) is 0 Å². The SMILES string of the molecule is CSc1ccc(/C(=N/N=C(N)N)c2ccc(Cl)cc2)cc1. The predicted octanol–water partition coefficient (Wildman–Crippen LogP) is 3.09. The summed E-state index contributed by atoms with van der Waals surface area (Å²) in [6, 6.07) is 15.4. The van der Waals surface area contributed by atoms with Crippen molar-refractivity contribution in [3.8, 4) is 0 Å². The number of thioether (sulfide) groups is 1. The van der Waals surface area contributed by atoms with Gasteiger partial charge in [0.25, 0.3) is 0 Å². The number of hydrogen-bond acceptors (Lipinski definition) is 3. The summed E-state index contributed by atoms with van der Waals surface area (Å²) in [5.41, 5.74) is 13.2. The van der Waals surface area contributed by atoms with Gasteiger partial charge in [0.1, 0.15) is 5.71 Å². The Labute approximate surface area is 132 Å². The lowest BCUT2D eigenvalue weighted by Crippen LogP contribution is -2.22. The molecular formula is C15H15ClN4S. The van der Waals surface area contributed by atoms with Crippen LogP contribution in [0.25, 0.3) is 0 Å². The van der Waals surface area contributed by atoms with Gasteiger partial charge in [0.2, 0.25) is 5.96 Å². The van der Waals surface area contributed by atoms with Crippen LogP contribution in [0.15, 0.2) is 63.6 Å². The molecule has 0 heterocycles. The third-order valence-electron chi connectivity index (χ3n) is 2.75. The van der Waals surface area contributed by atoms with Gasteiger partial charge < -0.3 is 11.5 Å². The third kappa shape index (κ3) is 4.24. The van der Waals surface area contributed by atoms with Crippen molar-refractivity contribution in [1.82, 2.24) is 0 Å². The molecule has 0 saturated heterocycles. The Morgan fingerprint density at radius 2 is 1.43 bits per heavy atom. The highest BCUT2D eigenvalue weighted by atomic mass is 35.5. The van der Waals surface area contributed by atoms with Crippen molar-refractivity contribution in [1.29, 1.82) is 0 Å². The monoisotopic (exact) mass is 318 g/mol. The van der Waals surface area contributed by atoms with E-state index in [1.165, 1.54) is 4.90 Å². The van der Waals surface area contributed by atoms with Gasteiger partial charge in [0.15, 0.2) is 0 Å². The summed E-state index contributed by atoms with van der Waals surface area (Å²) < 4.78 is 0. The molecule has 4 N–H and O–H groups in total. The molecule has 2 aromatic carbocycles. The second kappa shape index (κ2) is 7.15. The molecule has 0 bridgehead atoms. The summed E-state index contributed by atoms with van der Waals surface area (Å²) in [6.07, 6.45) is 2.03. The molecule has 2 aromatic rings. The van der Waals surface area contributed by atoms with Crippen molar-refractivity contribution in [2.24, 2.45) is 21.7 Å². The number of nitrogens with zero attached hydrogens (tertiary/aromatic N) is 2. The molecule has 2 rings (SSSR count). The summed E-state index contributed by atoms with van der Waals surface area (Å²) in [7, 11) is 0. The summed E-state index contributed by atoms with van der Waals surface area (Å²) in [6.45, 7) is 0. The zero-order chi connectivity index (χ0) is 15.2. The summed E-state index contributed by atoms with van der Waals surface area (Å²) >= 11 is 7.60. The van der Waals surface area contributed by atoms with E-state index in [1.54, 1.807) is 23.9 Å². The summed E-state index contributed by atoms with van der Waals surface area (Å²) in [5.74, 6) is -0.0813. The Morgan fingerprint density at radius 1 is 0.905 bits per heavy atom. The quantitative estimate of drug-likeness (QED) is 0.393. The van der Waals surface area contributed by atoms with E-state index in [9.17, 15) is 0 Å². The molecule has 0 saturated carbocycles. The molecule has 21 heavy (non-hydrogen) atoms. The van der Waals surface area contributed by atoms with Crippen LogP contribution in [0.5, 0.6) is 0 Å². The molecule has 6 heteroatoms. The Morgan fingerprint density at radius 3 is 1.90 bits per heavy atom. The topological polar surface area (TPSA) is 76.8 Å². The molecule has 0 fully saturated rings. The smallest absolute Gasteiger partial charge is 0.211 e. The normalized spacial score (nSPS) is 11.2. The van der Waals surface area contributed by atoms with E-state index in [2.05, 4.69) is 10.2 Å². The summed E-state index contributed by atoms with van der Waals surface area (Å²) in [4.78, 5) is 1.18. The van der Waals surface area contributed by atoms with Crippen molar-refractivity contribution < 1.29 is 0 Å². The highest BCUT2D eigenvalue weighted by Crippen LogP contribution is 2.19. The van der Waals surface area contributed by atoms with Crippen LogP contribution >= 0.6 is 23.4 Å². The number of rotatable bonds is 4. The first-order chi connectivity index (χ1) is 10.1. The minimum atomic E-state index is -0.0813. The first kappa shape index (κ1) is 15.4. The highest BCUT2D eigenvalue weighted by Gasteiger charge is 2.07. The highest BCUT2D eigenvalue weighted by molar-refractivity contribution is 7.98. The third-order valence-corrected chi connectivity index (χ3v) is 3.74. The van der Waals surface area contributed by atoms with E-state index in [0.29, 0.717) is 10.7 Å². The van der Waals surface area contributed by atoms with Crippen LogP contribution < -0.4 is 11.5 Å². The standard InChI is InChI=1S/C15H15ClN4S/c1-21-13-8-4-11(5-9-13)14(19-20-15(17)18)10-2-6-12(16)7-3-10/h2-9H,1H3,(H4,17,18,20)/b19-14+. The van der Waals surface area contributed by atoms with Crippen molar-refractivity contribution in [2.75, 3.05) is 6.26 Å². The van der Waals surface area contributed by atoms with Gasteiger partial charge in [-0.1, -0.05) is 35.9 Å². The average Bonchev–Trinajstić information content (AvgIpc) is 2.49. The van der Waals surface area contributed by atoms with Crippen LogP contribution in [0.2, 0.25) is 5.02 Å². The van der Waals surface area contributed by atoms with Crippen LogP contribution in [-0.4, -0.2) is 17.9 Å². The molecule has 0 aliphatic heterocycles. The molecule has 4 nitrogen and oxygen atoms in total. The maximum Gasteiger partial charge on any atom is 0.211 e. The zero-order valence-corrected chi connectivity index (χ0v) is 13.0. The number of hydrogen-bond donors (Lipinski definition) is 2. The van der Waals surface area contributed by atoms with Gasteiger partial charge >= 0.3 is 0 Å². The molecule has 0 aliphatic rings. The van der Waals surface area contributed by atoms with Crippen molar-refractivity contribution in [2.45, 2.75) is 4.90 Å². The second-order valence-electron chi connectivity index (χ2n) is 4.21. The molecule has 0 aromatic heterocycles. The number of halogens is 1. The first-order valence-corrected chi connectivity index (χ1v) is 7.77. The van der Waals surface area contributed by atoms with E-state index < -0.39 is 0 Å². The molecule has 0 amide bonds. The Bertz CT molecular complexity index is 659. The minimum Gasteiger partial charge on any atom is -0.369 e. The zero-order valence-electron chi connectivity index (χ0n) is 11.5. The van der Waals surface area contributed by atoms with Crippen molar-refractivity contribution >= 4 is 35.0 Å². The van der Waals surface area contributed by atoms with Gasteiger partial charge in [0, 0.05) is 21.0 Å². The fourth-order valence-corrected chi connectivity index (χ4v) is 2.28. The number of guanidine groups is 1. The fourth-order valence-electron chi connectivity index (χ4n) is 1.75. The van der Waals surface area contributed by atoms with E-state index >= 15 is 0 Å². The van der Waals surface area contributed by atoms with Crippen LogP contribution in [0.1, 0.15) is 11.1 Å². The molecule has 0 unspecified atom stereocenters. The Hall–Kier alpha value is -1.98. The number of nitrogens with two attached hydrogens (primary N) is 2. The Balaban J connectivity index is 2.47. The predicted molar refractivity (Wildman–Crippen MR) is 91.1 cm³/mol. The molecule has 108 valence electrons. The number of benzene rings is 2. The minimum absolute atomic E-state index is 0.0813. The lowest BCUT2D eigenvalue weighted by molar-refractivity contribution is 1.20. The second-order valence-corrected chi connectivity index (χ2v) is 5.52. The van der Waals surface area contributed by atoms with E-state index in [-0.39, 0.29) is 5.96 Å². The van der Waals surface area contributed by atoms with Crippen LogP contribution in [-0.2, 0) is 0 Å². The van der Waals surface area contributed by atoms with Gasteiger partial charge in [0.05, 0.1) is 0 Å². The summed E-state index contributed by atoms with van der Waals surface area (Å²) in [5, 5.41) is 8.58. The maximum atomic E-state index is 5.92. The molecule has 0 atom stereocenters. The first-order valence-electron chi connectivity index (χ1n) is 6.17. The van der Waals surface area contributed by atoms with E-state index in [0.717, 1.165) is 11.1 Å². The van der Waals surface area contributed by atoms with Crippen LogP contribution in [0.4, 0.5) is 0 Å². The van der Waals surface area contributed by atoms with Gasteiger partial charge in [-0.25, -0.2) is 0 Å². The average molecular weight is 319 g/mol. The maximum absolute atomic E-state index is 5.92. The van der Waals surface area contributed by atoms with Crippen LogP contribution in [0, 0.1) is 0 Å². The van der Waals surface area contributed by atoms with E-state index in [1.807, 2.05) is 42.7 Å². The molecule has 0 radical (unpaired) electrons. The van der Waals surface area contributed by atoms with E-state index in [4.69, 9.17) is 23.1 Å². The molecular weight excluding hydrogens is 304 g/mol. The Kier molecular flexibility index (Phi) is 5.25. The fraction of sp³-hybridized carbons (Fsp3) is 0.0667. The van der Waals surface area contributed by atoms with Gasteiger partial charge in [-0.2, -0.15) is 0 Å². The lowest BCUT2D eigenvalue weighted by Gasteiger charge is -2.07. The van der Waals surface area contributed by atoms with Crippen molar-refractivity contribution in [3.63, 3.8) is 0 Å². The van der Waals surface area contributed by atoms with Crippen LogP contribution in [0.3, 0.4) is 0 Å². The largest absolute Gasteiger partial charge is 0.369 e. The van der Waals surface area contributed by atoms with Gasteiger partial charge in [-0.15, -0.1) is 22.0 Å². The molecule has 0 spiro atoms.